The summed E-state index contributed by atoms with van der Waals surface area (Å²) in [6, 6.07) is -0.390. The van der Waals surface area contributed by atoms with Crippen molar-refractivity contribution in [2.75, 3.05) is 19.7 Å². The molecule has 4 nitrogen and oxygen atoms in total. The first-order valence-electron chi connectivity index (χ1n) is 6.33. The summed E-state index contributed by atoms with van der Waals surface area (Å²) >= 11 is 0. The summed E-state index contributed by atoms with van der Waals surface area (Å²) in [5.74, 6) is -1.03. The number of hydrogen-bond donors (Lipinski definition) is 1. The van der Waals surface area contributed by atoms with Crippen molar-refractivity contribution in [2.45, 2.75) is 45.0 Å². The lowest BCUT2D eigenvalue weighted by molar-refractivity contribution is -0.164. The van der Waals surface area contributed by atoms with E-state index in [1.54, 1.807) is 0 Å². The highest BCUT2D eigenvalue weighted by molar-refractivity contribution is 5.69. The molecule has 0 saturated carbocycles. The maximum absolute atomic E-state index is 12.5. The van der Waals surface area contributed by atoms with Gasteiger partial charge >= 0.3 is 12.1 Å². The van der Waals surface area contributed by atoms with Gasteiger partial charge in [-0.05, 0) is 18.8 Å². The molecule has 0 aromatic heterocycles. The highest BCUT2D eigenvalue weighted by Crippen LogP contribution is 2.26. The second-order valence-corrected chi connectivity index (χ2v) is 5.25. The van der Waals surface area contributed by atoms with E-state index in [4.69, 9.17) is 9.84 Å². The lowest BCUT2D eigenvalue weighted by Crippen LogP contribution is -2.49. The summed E-state index contributed by atoms with van der Waals surface area (Å²) in [5.41, 5.74) is 0. The maximum atomic E-state index is 12.5. The number of ether oxygens (including phenoxy) is 1. The van der Waals surface area contributed by atoms with Crippen molar-refractivity contribution in [1.29, 1.82) is 0 Å². The molecular weight excluding hydrogens is 263 g/mol. The van der Waals surface area contributed by atoms with E-state index in [-0.39, 0.29) is 18.1 Å². The van der Waals surface area contributed by atoms with E-state index >= 15 is 0 Å². The first kappa shape index (κ1) is 16.2. The quantitative estimate of drug-likeness (QED) is 0.840. The molecule has 2 unspecified atom stereocenters. The summed E-state index contributed by atoms with van der Waals surface area (Å²) in [6.45, 7) is 2.49. The average molecular weight is 283 g/mol. The van der Waals surface area contributed by atoms with Crippen LogP contribution in [0.25, 0.3) is 0 Å². The van der Waals surface area contributed by atoms with Crippen molar-refractivity contribution >= 4 is 5.97 Å². The fraction of sp³-hybridized carbons (Fsp3) is 0.917. The molecule has 1 fully saturated rings. The van der Waals surface area contributed by atoms with Crippen molar-refractivity contribution in [3.05, 3.63) is 0 Å². The Morgan fingerprint density at radius 1 is 1.47 bits per heavy atom. The highest BCUT2D eigenvalue weighted by atomic mass is 19.4. The second kappa shape index (κ2) is 6.56. The van der Waals surface area contributed by atoms with E-state index in [2.05, 4.69) is 0 Å². The number of alkyl halides is 3. The minimum absolute atomic E-state index is 0.108. The number of rotatable bonds is 5. The van der Waals surface area contributed by atoms with Crippen LogP contribution in [-0.4, -0.2) is 54.0 Å². The number of nitrogens with zero attached hydrogens (tertiary/aromatic N) is 1. The van der Waals surface area contributed by atoms with Crippen molar-refractivity contribution in [3.63, 3.8) is 0 Å². The third-order valence-electron chi connectivity index (χ3n) is 3.27. The third kappa shape index (κ3) is 5.78. The molecule has 0 amide bonds. The van der Waals surface area contributed by atoms with Gasteiger partial charge in [0.1, 0.15) is 0 Å². The fourth-order valence-electron chi connectivity index (χ4n) is 2.32. The normalized spacial score (nSPS) is 25.0. The van der Waals surface area contributed by atoms with Gasteiger partial charge in [0.05, 0.1) is 19.2 Å². The maximum Gasteiger partial charge on any atom is 0.401 e. The summed E-state index contributed by atoms with van der Waals surface area (Å²) in [7, 11) is 0. The fourth-order valence-corrected chi connectivity index (χ4v) is 2.32. The van der Waals surface area contributed by atoms with E-state index in [0.29, 0.717) is 19.4 Å². The Bertz CT molecular complexity index is 307. The van der Waals surface area contributed by atoms with E-state index in [1.807, 2.05) is 13.8 Å². The Morgan fingerprint density at radius 2 is 2.11 bits per heavy atom. The smallest absolute Gasteiger partial charge is 0.401 e. The van der Waals surface area contributed by atoms with E-state index in [9.17, 15) is 18.0 Å². The number of hydrogen-bond acceptors (Lipinski definition) is 3. The lowest BCUT2D eigenvalue weighted by atomic mass is 9.94. The van der Waals surface area contributed by atoms with Crippen LogP contribution in [0.4, 0.5) is 13.2 Å². The Kier molecular flexibility index (Phi) is 5.61. The van der Waals surface area contributed by atoms with Crippen LogP contribution in [0.2, 0.25) is 0 Å². The van der Waals surface area contributed by atoms with Gasteiger partial charge < -0.3 is 9.84 Å². The second-order valence-electron chi connectivity index (χ2n) is 5.25. The molecule has 0 aromatic carbocycles. The molecule has 1 rings (SSSR count). The largest absolute Gasteiger partial charge is 0.480 e. The summed E-state index contributed by atoms with van der Waals surface area (Å²) in [5, 5.41) is 8.75. The Hall–Kier alpha value is -0.820. The Labute approximate surface area is 110 Å². The van der Waals surface area contributed by atoms with Gasteiger partial charge in [-0.3, -0.25) is 9.69 Å². The molecule has 2 atom stereocenters. The number of halogens is 3. The van der Waals surface area contributed by atoms with Crippen molar-refractivity contribution in [2.24, 2.45) is 5.92 Å². The molecule has 0 bridgehead atoms. The average Bonchev–Trinajstić information content (AvgIpc) is 2.25. The van der Waals surface area contributed by atoms with Gasteiger partial charge in [-0.2, -0.15) is 13.2 Å². The molecule has 0 aliphatic carbocycles. The van der Waals surface area contributed by atoms with Crippen LogP contribution in [-0.2, 0) is 9.53 Å². The van der Waals surface area contributed by atoms with Crippen molar-refractivity contribution in [3.8, 4) is 0 Å². The van der Waals surface area contributed by atoms with Gasteiger partial charge in [0.2, 0.25) is 0 Å². The molecular formula is C12H20F3NO3. The Balaban J connectivity index is 2.70. The van der Waals surface area contributed by atoms with Crippen LogP contribution < -0.4 is 0 Å². The van der Waals surface area contributed by atoms with Crippen LogP contribution in [0.1, 0.15) is 26.7 Å². The molecule has 0 spiro atoms. The molecule has 0 radical (unpaired) electrons. The van der Waals surface area contributed by atoms with Crippen LogP contribution in [0.5, 0.6) is 0 Å². The van der Waals surface area contributed by atoms with Crippen LogP contribution in [0.3, 0.4) is 0 Å². The molecule has 1 heterocycles. The molecule has 1 aliphatic rings. The lowest BCUT2D eigenvalue weighted by Gasteiger charge is -2.38. The molecule has 112 valence electrons. The zero-order chi connectivity index (χ0) is 14.6. The predicted molar refractivity (Wildman–Crippen MR) is 62.9 cm³/mol. The zero-order valence-corrected chi connectivity index (χ0v) is 11.1. The van der Waals surface area contributed by atoms with Gasteiger partial charge in [-0.15, -0.1) is 0 Å². The minimum atomic E-state index is -4.39. The van der Waals surface area contributed by atoms with Gasteiger partial charge in [-0.1, -0.05) is 13.8 Å². The summed E-state index contributed by atoms with van der Waals surface area (Å²) in [4.78, 5) is 11.7. The van der Waals surface area contributed by atoms with E-state index < -0.39 is 25.2 Å². The van der Waals surface area contributed by atoms with Gasteiger partial charge in [0.25, 0.3) is 0 Å². The standard InChI is InChI=1S/C12H20F3NO3/c1-8(2)10-5-9(3-4-19-10)16(6-11(17)18)7-12(13,14)15/h8-10H,3-7H2,1-2H3,(H,17,18). The zero-order valence-electron chi connectivity index (χ0n) is 11.1. The molecule has 7 heteroatoms. The predicted octanol–water partition coefficient (Wildman–Crippen LogP) is 2.14. The monoisotopic (exact) mass is 283 g/mol. The number of carboxylic acids is 1. The summed E-state index contributed by atoms with van der Waals surface area (Å²) in [6.07, 6.45) is -3.61. The first-order chi connectivity index (χ1) is 8.69. The topological polar surface area (TPSA) is 49.8 Å². The Morgan fingerprint density at radius 3 is 2.58 bits per heavy atom. The van der Waals surface area contributed by atoms with Gasteiger partial charge in [-0.25, -0.2) is 0 Å². The van der Waals surface area contributed by atoms with Crippen molar-refractivity contribution < 1.29 is 27.8 Å². The van der Waals surface area contributed by atoms with Crippen LogP contribution in [0, 0.1) is 5.92 Å². The molecule has 0 aromatic rings. The number of carbonyl (C=O) groups is 1. The van der Waals surface area contributed by atoms with E-state index in [1.165, 1.54) is 0 Å². The van der Waals surface area contributed by atoms with Gasteiger partial charge in [0.15, 0.2) is 0 Å². The molecule has 1 aliphatic heterocycles. The minimum Gasteiger partial charge on any atom is -0.480 e. The van der Waals surface area contributed by atoms with Crippen LogP contribution >= 0.6 is 0 Å². The van der Waals surface area contributed by atoms with E-state index in [0.717, 1.165) is 4.90 Å². The molecule has 1 saturated heterocycles. The number of aliphatic carboxylic acids is 1. The molecule has 19 heavy (non-hydrogen) atoms. The number of carboxylic acid groups (broad SMARTS) is 1. The highest BCUT2D eigenvalue weighted by Gasteiger charge is 2.37. The van der Waals surface area contributed by atoms with Gasteiger partial charge in [0, 0.05) is 12.6 Å². The van der Waals surface area contributed by atoms with Crippen LogP contribution in [0.15, 0.2) is 0 Å². The van der Waals surface area contributed by atoms with Crippen molar-refractivity contribution in [1.82, 2.24) is 4.90 Å². The third-order valence-corrected chi connectivity index (χ3v) is 3.27. The first-order valence-corrected chi connectivity index (χ1v) is 6.33. The summed E-state index contributed by atoms with van der Waals surface area (Å²) < 4.78 is 43.0. The molecule has 1 N–H and O–H groups in total. The SMILES string of the molecule is CC(C)C1CC(N(CC(=O)O)CC(F)(F)F)CCO1.